The van der Waals surface area contributed by atoms with Crippen LogP contribution >= 0.6 is 11.6 Å². The number of benzene rings is 1. The Bertz CT molecular complexity index is 1240. The number of hydrogen-bond donors (Lipinski definition) is 4. The Labute approximate surface area is 193 Å². The van der Waals surface area contributed by atoms with Crippen molar-refractivity contribution < 1.29 is 19.4 Å². The van der Waals surface area contributed by atoms with Crippen molar-refractivity contribution in [3.05, 3.63) is 34.4 Å². The second kappa shape index (κ2) is 9.08. The first-order chi connectivity index (χ1) is 15.8. The number of morpholine rings is 1. The van der Waals surface area contributed by atoms with E-state index in [0.29, 0.717) is 49.9 Å². The van der Waals surface area contributed by atoms with Crippen molar-refractivity contribution in [3.8, 4) is 0 Å². The van der Waals surface area contributed by atoms with E-state index in [2.05, 4.69) is 20.3 Å². The van der Waals surface area contributed by atoms with Crippen molar-refractivity contribution in [2.45, 2.75) is 20.0 Å². The highest BCUT2D eigenvalue weighted by atomic mass is 35.5. The molecule has 0 unspecified atom stereocenters. The first-order valence-electron chi connectivity index (χ1n) is 10.3. The molecule has 1 aliphatic heterocycles. The summed E-state index contributed by atoms with van der Waals surface area (Å²) in [4.78, 5) is 38.8. The second-order valence-corrected chi connectivity index (χ2v) is 7.71. The van der Waals surface area contributed by atoms with E-state index in [0.717, 1.165) is 5.52 Å². The Kier molecular flexibility index (Phi) is 6.20. The van der Waals surface area contributed by atoms with E-state index in [1.54, 1.807) is 6.07 Å². The van der Waals surface area contributed by atoms with Crippen LogP contribution in [0.15, 0.2) is 12.1 Å². The lowest BCUT2D eigenvalue weighted by Crippen LogP contribution is -2.37. The zero-order valence-electron chi connectivity index (χ0n) is 17.8. The third kappa shape index (κ3) is 4.34. The number of amides is 1. The summed E-state index contributed by atoms with van der Waals surface area (Å²) < 4.78 is 7.30. The van der Waals surface area contributed by atoms with E-state index in [9.17, 15) is 14.7 Å². The smallest absolute Gasteiger partial charge is 0.337 e. The molecule has 0 spiro atoms. The number of rotatable bonds is 6. The number of nitrogens with zero attached hydrogens (tertiary/aromatic N) is 5. The van der Waals surface area contributed by atoms with Gasteiger partial charge in [0.1, 0.15) is 5.82 Å². The third-order valence-corrected chi connectivity index (χ3v) is 5.65. The van der Waals surface area contributed by atoms with Crippen LogP contribution in [0.5, 0.6) is 0 Å². The number of nitrogen functional groups attached to an aromatic ring is 2. The molecule has 0 aliphatic carbocycles. The average Bonchev–Trinajstić information content (AvgIpc) is 3.16. The molecular formula is C20H23ClN8O4. The van der Waals surface area contributed by atoms with Crippen LogP contribution in [0, 0.1) is 0 Å². The van der Waals surface area contributed by atoms with Gasteiger partial charge in [0.2, 0.25) is 0 Å². The van der Waals surface area contributed by atoms with Crippen LogP contribution in [0.25, 0.3) is 11.0 Å². The maximum absolute atomic E-state index is 12.6. The lowest BCUT2D eigenvalue weighted by molar-refractivity contribution is 0.0696. The quantitative estimate of drug-likeness (QED) is 0.405. The molecule has 13 heteroatoms. The highest BCUT2D eigenvalue weighted by Crippen LogP contribution is 2.29. The molecule has 0 saturated carbocycles. The topological polar surface area (TPSA) is 175 Å². The summed E-state index contributed by atoms with van der Waals surface area (Å²) in [5.41, 5.74) is 13.2. The van der Waals surface area contributed by atoms with Crippen molar-refractivity contribution in [2.75, 3.05) is 42.7 Å². The number of aryl methyl sites for hydroxylation is 1. The largest absolute Gasteiger partial charge is 0.478 e. The van der Waals surface area contributed by atoms with Gasteiger partial charge in [-0.05, 0) is 19.1 Å². The Morgan fingerprint density at radius 2 is 1.91 bits per heavy atom. The molecule has 1 aromatic carbocycles. The van der Waals surface area contributed by atoms with E-state index in [-0.39, 0.29) is 34.6 Å². The van der Waals surface area contributed by atoms with Crippen LogP contribution in [-0.4, -0.2) is 62.8 Å². The van der Waals surface area contributed by atoms with Gasteiger partial charge in [-0.15, -0.1) is 0 Å². The Morgan fingerprint density at radius 3 is 2.58 bits per heavy atom. The number of carbonyl (C=O) groups excluding carboxylic acids is 1. The second-order valence-electron chi connectivity index (χ2n) is 7.35. The number of aromatic carboxylic acids is 1. The summed E-state index contributed by atoms with van der Waals surface area (Å²) in [6.07, 6.45) is 0. The minimum absolute atomic E-state index is 0.0553. The van der Waals surface area contributed by atoms with Crippen molar-refractivity contribution in [1.29, 1.82) is 0 Å². The molecule has 174 valence electrons. The zero-order chi connectivity index (χ0) is 23.7. The van der Waals surface area contributed by atoms with E-state index < -0.39 is 11.9 Å². The monoisotopic (exact) mass is 474 g/mol. The number of carboxylic acid groups (broad SMARTS) is 1. The van der Waals surface area contributed by atoms with Crippen molar-refractivity contribution in [3.63, 3.8) is 0 Å². The van der Waals surface area contributed by atoms with Gasteiger partial charge in [-0.25, -0.2) is 19.7 Å². The van der Waals surface area contributed by atoms with Crippen molar-refractivity contribution in [1.82, 2.24) is 24.8 Å². The molecule has 4 rings (SSSR count). The van der Waals surface area contributed by atoms with Crippen molar-refractivity contribution in [2.24, 2.45) is 0 Å². The molecule has 33 heavy (non-hydrogen) atoms. The molecule has 1 saturated heterocycles. The van der Waals surface area contributed by atoms with E-state index >= 15 is 0 Å². The van der Waals surface area contributed by atoms with Crippen LogP contribution in [0.2, 0.25) is 5.15 Å². The highest BCUT2D eigenvalue weighted by Gasteiger charge is 2.23. The fraction of sp³-hybridized carbons (Fsp3) is 0.350. The summed E-state index contributed by atoms with van der Waals surface area (Å²) in [7, 11) is 0. The average molecular weight is 475 g/mol. The summed E-state index contributed by atoms with van der Waals surface area (Å²) in [6, 6.07) is 3.39. The number of carbonyl (C=O) groups is 2. The number of carboxylic acids is 1. The predicted octanol–water partition coefficient (Wildman–Crippen LogP) is 1.13. The zero-order valence-corrected chi connectivity index (χ0v) is 18.6. The van der Waals surface area contributed by atoms with Gasteiger partial charge in [0.15, 0.2) is 22.5 Å². The number of aromatic nitrogens is 4. The summed E-state index contributed by atoms with van der Waals surface area (Å²) in [5, 5.41) is 12.4. The van der Waals surface area contributed by atoms with Crippen LogP contribution in [0.3, 0.4) is 0 Å². The van der Waals surface area contributed by atoms with Gasteiger partial charge in [0, 0.05) is 19.6 Å². The summed E-state index contributed by atoms with van der Waals surface area (Å²) >= 11 is 5.86. The fourth-order valence-electron chi connectivity index (χ4n) is 3.79. The molecule has 0 atom stereocenters. The van der Waals surface area contributed by atoms with Gasteiger partial charge in [-0.1, -0.05) is 11.6 Å². The molecular weight excluding hydrogens is 452 g/mol. The molecule has 6 N–H and O–H groups in total. The fourth-order valence-corrected chi connectivity index (χ4v) is 3.91. The first-order valence-corrected chi connectivity index (χ1v) is 10.6. The highest BCUT2D eigenvalue weighted by molar-refractivity contribution is 6.31. The van der Waals surface area contributed by atoms with Crippen LogP contribution < -0.4 is 21.7 Å². The van der Waals surface area contributed by atoms with Crippen LogP contribution in [0.4, 0.5) is 17.3 Å². The van der Waals surface area contributed by atoms with Gasteiger partial charge in [-0.2, -0.15) is 0 Å². The van der Waals surface area contributed by atoms with E-state index in [1.165, 1.54) is 0 Å². The molecule has 0 bridgehead atoms. The molecule has 1 aliphatic rings. The number of anilines is 3. The lowest BCUT2D eigenvalue weighted by atomic mass is 10.1. The van der Waals surface area contributed by atoms with Crippen molar-refractivity contribution >= 4 is 51.8 Å². The normalized spacial score (nSPS) is 13.9. The van der Waals surface area contributed by atoms with Gasteiger partial charge in [-0.3, -0.25) is 4.79 Å². The lowest BCUT2D eigenvalue weighted by Gasteiger charge is -2.30. The maximum atomic E-state index is 12.6. The van der Waals surface area contributed by atoms with Gasteiger partial charge < -0.3 is 36.1 Å². The molecule has 1 fully saturated rings. The number of ether oxygens (including phenoxy) is 1. The van der Waals surface area contributed by atoms with E-state index in [4.69, 9.17) is 27.8 Å². The Hall–Kier alpha value is -3.64. The molecule has 12 nitrogen and oxygen atoms in total. The van der Waals surface area contributed by atoms with E-state index in [1.807, 2.05) is 22.5 Å². The van der Waals surface area contributed by atoms with Gasteiger partial charge in [0.25, 0.3) is 5.91 Å². The summed E-state index contributed by atoms with van der Waals surface area (Å²) in [6.45, 7) is 4.82. The van der Waals surface area contributed by atoms with Crippen LogP contribution in [0.1, 0.15) is 33.6 Å². The van der Waals surface area contributed by atoms with Gasteiger partial charge in [0.05, 0.1) is 42.0 Å². The maximum Gasteiger partial charge on any atom is 0.337 e. The molecule has 2 aromatic heterocycles. The first kappa shape index (κ1) is 22.6. The predicted molar refractivity (Wildman–Crippen MR) is 122 cm³/mol. The standard InChI is InChI=1S/C20H23ClN8O4/c1-2-29-13-8-12(28-3-5-33-6-4-28)10(20(31)32)7-11(13)25-14(29)9-24-19(30)15-17(22)27-18(23)16(21)26-15/h7-8H,2-6,9H2,1H3,(H,24,30)(H,31,32)(H4,22,23,27). The molecule has 3 heterocycles. The Morgan fingerprint density at radius 1 is 1.18 bits per heavy atom. The molecule has 1 amide bonds. The summed E-state index contributed by atoms with van der Waals surface area (Å²) in [5.74, 6) is -1.28. The molecule has 0 radical (unpaired) electrons. The van der Waals surface area contributed by atoms with Gasteiger partial charge >= 0.3 is 5.97 Å². The number of fused-ring (bicyclic) bond motifs is 1. The van der Waals surface area contributed by atoms with Crippen LogP contribution in [-0.2, 0) is 17.8 Å². The number of hydrogen-bond acceptors (Lipinski definition) is 9. The minimum atomic E-state index is -1.03. The number of imidazole rings is 1. The SMILES string of the molecule is CCn1c(CNC(=O)c2nc(Cl)c(N)nc2N)nc2cc(C(=O)O)c(N3CCOCC3)cc21. The molecule has 3 aromatic rings. The number of halogens is 1. The third-order valence-electron chi connectivity index (χ3n) is 5.37. The number of nitrogens with two attached hydrogens (primary N) is 2. The minimum Gasteiger partial charge on any atom is -0.478 e. The number of nitrogens with one attached hydrogen (secondary N) is 1. The Balaban J connectivity index is 1.66.